The molecule has 1 unspecified atom stereocenters. The number of nitrogens with two attached hydrogens (primary N) is 1. The Kier molecular flexibility index (Phi) is 3.03. The fourth-order valence-corrected chi connectivity index (χ4v) is 3.90. The van der Waals surface area contributed by atoms with Gasteiger partial charge in [-0.15, -0.1) is 0 Å². The van der Waals surface area contributed by atoms with Gasteiger partial charge in [0.05, 0.1) is 5.69 Å². The van der Waals surface area contributed by atoms with E-state index in [1.807, 2.05) is 19.1 Å². The number of imidazole rings is 1. The normalized spacial score (nSPS) is 23.9. The number of H-pyrrole nitrogens is 1. The second kappa shape index (κ2) is 4.40. The van der Waals surface area contributed by atoms with Crippen LogP contribution in [0.2, 0.25) is 10.0 Å². The fourth-order valence-electron chi connectivity index (χ4n) is 3.35. The number of nitrogens with zero attached hydrogens (tertiary/aromatic N) is 1. The highest BCUT2D eigenvalue weighted by molar-refractivity contribution is 6.34. The van der Waals surface area contributed by atoms with Crippen molar-refractivity contribution in [3.05, 3.63) is 45.2 Å². The van der Waals surface area contributed by atoms with Crippen LogP contribution in [0.3, 0.4) is 0 Å². The Bertz CT molecular complexity index is 656. The number of aromatic nitrogens is 2. The van der Waals surface area contributed by atoms with Crippen LogP contribution in [0.4, 0.5) is 5.95 Å². The molecule has 1 fully saturated rings. The topological polar surface area (TPSA) is 54.7 Å². The van der Waals surface area contributed by atoms with Gasteiger partial charge in [0.15, 0.2) is 5.95 Å². The van der Waals surface area contributed by atoms with Gasteiger partial charge in [0, 0.05) is 21.7 Å². The summed E-state index contributed by atoms with van der Waals surface area (Å²) in [6.45, 7) is 6.47. The minimum Gasteiger partial charge on any atom is -0.369 e. The highest BCUT2D eigenvalue weighted by Crippen LogP contribution is 2.70. The lowest BCUT2D eigenvalue weighted by molar-refractivity contribution is 0.597. The minimum atomic E-state index is 0.137. The van der Waals surface area contributed by atoms with Gasteiger partial charge in [0.1, 0.15) is 0 Å². The molecule has 1 aliphatic carbocycles. The zero-order valence-corrected chi connectivity index (χ0v) is 13.2. The lowest BCUT2D eigenvalue weighted by Gasteiger charge is -2.04. The first-order valence-electron chi connectivity index (χ1n) is 6.58. The maximum absolute atomic E-state index is 6.12. The number of anilines is 1. The number of rotatable bonds is 2. The van der Waals surface area contributed by atoms with E-state index < -0.39 is 0 Å². The van der Waals surface area contributed by atoms with Gasteiger partial charge in [-0.1, -0.05) is 37.0 Å². The number of aromatic amines is 1. The molecule has 3 nitrogen and oxygen atoms in total. The third-order valence-electron chi connectivity index (χ3n) is 4.32. The summed E-state index contributed by atoms with van der Waals surface area (Å²) < 4.78 is 0. The van der Waals surface area contributed by atoms with Gasteiger partial charge in [0.25, 0.3) is 0 Å². The summed E-state index contributed by atoms with van der Waals surface area (Å²) in [5.74, 6) is 1.21. The Balaban J connectivity index is 2.01. The number of halogens is 2. The first-order chi connectivity index (χ1) is 9.30. The van der Waals surface area contributed by atoms with Crippen molar-refractivity contribution in [1.29, 1.82) is 0 Å². The van der Waals surface area contributed by atoms with E-state index in [2.05, 4.69) is 23.8 Å². The molecule has 3 rings (SSSR count). The number of nitrogens with one attached hydrogen (secondary N) is 1. The van der Waals surface area contributed by atoms with Crippen molar-refractivity contribution in [3.63, 3.8) is 0 Å². The van der Waals surface area contributed by atoms with Crippen molar-refractivity contribution >= 4 is 29.2 Å². The van der Waals surface area contributed by atoms with Crippen molar-refractivity contribution < 1.29 is 0 Å². The molecule has 2 atom stereocenters. The average Bonchev–Trinajstić information content (AvgIpc) is 2.70. The molecule has 0 radical (unpaired) electrons. The standard InChI is InChI=1S/C15H17Cl2N3/c1-7-13(20-14(18)19-7)12-11(15(12,2)3)8-4-9(16)6-10(17)5-8/h4-6,11-12H,1-3H3,(H3,18,19,20)/t11?,12-/m0/s1. The molecule has 0 saturated heterocycles. The highest BCUT2D eigenvalue weighted by atomic mass is 35.5. The minimum absolute atomic E-state index is 0.137. The van der Waals surface area contributed by atoms with Crippen molar-refractivity contribution in [2.45, 2.75) is 32.6 Å². The van der Waals surface area contributed by atoms with E-state index in [1.165, 1.54) is 5.56 Å². The lowest BCUT2D eigenvalue weighted by atomic mass is 10.0. The predicted molar refractivity (Wildman–Crippen MR) is 83.5 cm³/mol. The number of aryl methyl sites for hydroxylation is 1. The summed E-state index contributed by atoms with van der Waals surface area (Å²) in [5.41, 5.74) is 9.15. The molecule has 5 heteroatoms. The van der Waals surface area contributed by atoms with Crippen molar-refractivity contribution in [2.24, 2.45) is 5.41 Å². The Morgan fingerprint density at radius 3 is 2.25 bits per heavy atom. The summed E-state index contributed by atoms with van der Waals surface area (Å²) in [7, 11) is 0. The smallest absolute Gasteiger partial charge is 0.197 e. The van der Waals surface area contributed by atoms with E-state index in [-0.39, 0.29) is 5.41 Å². The second-order valence-electron chi connectivity index (χ2n) is 6.10. The molecule has 20 heavy (non-hydrogen) atoms. The van der Waals surface area contributed by atoms with Gasteiger partial charge in [-0.25, -0.2) is 4.98 Å². The van der Waals surface area contributed by atoms with Crippen molar-refractivity contribution in [1.82, 2.24) is 9.97 Å². The van der Waals surface area contributed by atoms with Crippen LogP contribution >= 0.6 is 23.2 Å². The summed E-state index contributed by atoms with van der Waals surface area (Å²) >= 11 is 12.2. The second-order valence-corrected chi connectivity index (χ2v) is 6.97. The molecule has 2 aromatic rings. The molecule has 1 heterocycles. The average molecular weight is 310 g/mol. The van der Waals surface area contributed by atoms with Crippen LogP contribution in [0.5, 0.6) is 0 Å². The van der Waals surface area contributed by atoms with Gasteiger partial charge in [-0.3, -0.25) is 0 Å². The van der Waals surface area contributed by atoms with Gasteiger partial charge in [-0.05, 0) is 42.0 Å². The van der Waals surface area contributed by atoms with E-state index in [4.69, 9.17) is 28.9 Å². The highest BCUT2D eigenvalue weighted by Gasteiger charge is 2.60. The molecular formula is C15H17Cl2N3. The Morgan fingerprint density at radius 2 is 1.75 bits per heavy atom. The van der Waals surface area contributed by atoms with Crippen LogP contribution < -0.4 is 5.73 Å². The molecule has 1 aromatic heterocycles. The zero-order chi connectivity index (χ0) is 14.7. The molecule has 1 saturated carbocycles. The predicted octanol–water partition coefficient (Wildman–Crippen LogP) is 4.51. The first-order valence-corrected chi connectivity index (χ1v) is 7.34. The number of hydrogen-bond donors (Lipinski definition) is 2. The van der Waals surface area contributed by atoms with Crippen LogP contribution in [0.25, 0.3) is 0 Å². The molecule has 0 spiro atoms. The van der Waals surface area contributed by atoms with E-state index in [9.17, 15) is 0 Å². The summed E-state index contributed by atoms with van der Waals surface area (Å²) in [5, 5.41) is 1.35. The van der Waals surface area contributed by atoms with E-state index in [1.54, 1.807) is 6.07 Å². The van der Waals surface area contributed by atoms with Crippen LogP contribution in [0.15, 0.2) is 18.2 Å². The summed E-state index contributed by atoms with van der Waals surface area (Å²) in [6.07, 6.45) is 0. The van der Waals surface area contributed by atoms with Crippen LogP contribution in [0.1, 0.15) is 42.6 Å². The van der Waals surface area contributed by atoms with Crippen LogP contribution in [-0.4, -0.2) is 9.97 Å². The van der Waals surface area contributed by atoms with Crippen molar-refractivity contribution in [2.75, 3.05) is 5.73 Å². The molecule has 1 aliphatic rings. The third kappa shape index (κ3) is 2.09. The van der Waals surface area contributed by atoms with Crippen LogP contribution in [0, 0.1) is 12.3 Å². The molecule has 106 valence electrons. The van der Waals surface area contributed by atoms with Gasteiger partial charge in [-0.2, -0.15) is 0 Å². The molecular weight excluding hydrogens is 293 g/mol. The van der Waals surface area contributed by atoms with Gasteiger partial charge in [0.2, 0.25) is 0 Å². The Labute approximate surface area is 128 Å². The summed E-state index contributed by atoms with van der Waals surface area (Å²) in [6, 6.07) is 5.75. The molecule has 3 N–H and O–H groups in total. The van der Waals surface area contributed by atoms with Gasteiger partial charge >= 0.3 is 0 Å². The molecule has 0 amide bonds. The van der Waals surface area contributed by atoms with Gasteiger partial charge < -0.3 is 10.7 Å². The first kappa shape index (κ1) is 13.8. The number of nitrogen functional groups attached to an aromatic ring is 1. The quantitative estimate of drug-likeness (QED) is 0.857. The molecule has 0 aliphatic heterocycles. The maximum Gasteiger partial charge on any atom is 0.197 e. The molecule has 0 bridgehead atoms. The maximum atomic E-state index is 6.12. The van der Waals surface area contributed by atoms with E-state index >= 15 is 0 Å². The monoisotopic (exact) mass is 309 g/mol. The largest absolute Gasteiger partial charge is 0.369 e. The zero-order valence-electron chi connectivity index (χ0n) is 11.7. The SMILES string of the molecule is Cc1nc(N)[nH]c1[C@@H]1C(c2cc(Cl)cc(Cl)c2)C1(C)C. The number of hydrogen-bond acceptors (Lipinski definition) is 2. The fraction of sp³-hybridized carbons (Fsp3) is 0.400. The Hall–Kier alpha value is -1.19. The van der Waals surface area contributed by atoms with E-state index in [0.29, 0.717) is 27.8 Å². The number of benzene rings is 1. The van der Waals surface area contributed by atoms with Crippen molar-refractivity contribution in [3.8, 4) is 0 Å². The lowest BCUT2D eigenvalue weighted by Crippen LogP contribution is -1.92. The van der Waals surface area contributed by atoms with E-state index in [0.717, 1.165) is 11.4 Å². The molecule has 1 aromatic carbocycles. The Morgan fingerprint density at radius 1 is 1.15 bits per heavy atom. The third-order valence-corrected chi connectivity index (χ3v) is 4.76. The van der Waals surface area contributed by atoms with Crippen LogP contribution in [-0.2, 0) is 0 Å². The summed E-state index contributed by atoms with van der Waals surface area (Å²) in [4.78, 5) is 7.46.